The Bertz CT molecular complexity index is 974. The van der Waals surface area contributed by atoms with E-state index in [0.717, 1.165) is 24.9 Å². The summed E-state index contributed by atoms with van der Waals surface area (Å²) < 4.78 is 27.5. The van der Waals surface area contributed by atoms with Gasteiger partial charge < -0.3 is 10.2 Å². The number of carbonyl (C=O) groups is 2. The van der Waals surface area contributed by atoms with Gasteiger partial charge in [-0.2, -0.15) is 0 Å². The fourth-order valence-electron chi connectivity index (χ4n) is 2.60. The summed E-state index contributed by atoms with van der Waals surface area (Å²) in [4.78, 5) is 25.7. The van der Waals surface area contributed by atoms with Crippen LogP contribution in [-0.2, 0) is 26.0 Å². The molecule has 0 atom stereocenters. The maximum absolute atomic E-state index is 12.5. The summed E-state index contributed by atoms with van der Waals surface area (Å²) in [6, 6.07) is 12.9. The molecule has 0 unspecified atom stereocenters. The van der Waals surface area contributed by atoms with Crippen molar-refractivity contribution >= 4 is 33.2 Å². The van der Waals surface area contributed by atoms with Gasteiger partial charge >= 0.3 is 11.8 Å². The van der Waals surface area contributed by atoms with E-state index in [1.807, 2.05) is 25.9 Å². The van der Waals surface area contributed by atoms with Crippen molar-refractivity contribution in [3.8, 4) is 0 Å². The van der Waals surface area contributed by atoms with Crippen LogP contribution in [0.4, 0.5) is 11.4 Å². The van der Waals surface area contributed by atoms with Crippen LogP contribution in [-0.4, -0.2) is 52.3 Å². The molecule has 2 rings (SSSR count). The van der Waals surface area contributed by atoms with Crippen LogP contribution in [0.25, 0.3) is 0 Å². The van der Waals surface area contributed by atoms with Gasteiger partial charge in [-0.25, -0.2) is 8.42 Å². The number of hydrazine groups is 1. The SMILES string of the molecule is CCc1ccc(S(=O)(=O)Nc2ccc(NNC(=O)C(=O)NCCCN(C)C)cc2)cc1. The predicted molar refractivity (Wildman–Crippen MR) is 121 cm³/mol. The maximum Gasteiger partial charge on any atom is 0.327 e. The highest BCUT2D eigenvalue weighted by Gasteiger charge is 2.14. The molecule has 0 radical (unpaired) electrons. The maximum atomic E-state index is 12.5. The van der Waals surface area contributed by atoms with Crippen LogP contribution in [0.3, 0.4) is 0 Å². The highest BCUT2D eigenvalue weighted by molar-refractivity contribution is 7.92. The zero-order valence-electron chi connectivity index (χ0n) is 17.9. The van der Waals surface area contributed by atoms with Crippen LogP contribution in [0.1, 0.15) is 18.9 Å². The van der Waals surface area contributed by atoms with Gasteiger partial charge in [-0.3, -0.25) is 25.2 Å². The Morgan fingerprint density at radius 2 is 1.52 bits per heavy atom. The number of hydrogen-bond donors (Lipinski definition) is 4. The number of hydrogen-bond acceptors (Lipinski definition) is 6. The molecule has 0 heterocycles. The van der Waals surface area contributed by atoms with Gasteiger partial charge in [0.05, 0.1) is 10.6 Å². The van der Waals surface area contributed by atoms with E-state index in [4.69, 9.17) is 0 Å². The molecular formula is C21H29N5O4S. The Labute approximate surface area is 183 Å². The molecule has 2 aromatic rings. The van der Waals surface area contributed by atoms with Gasteiger partial charge in [0, 0.05) is 12.2 Å². The molecule has 0 saturated heterocycles. The molecule has 2 amide bonds. The molecule has 0 aromatic heterocycles. The molecule has 9 nitrogen and oxygen atoms in total. The minimum atomic E-state index is -3.70. The molecule has 0 bridgehead atoms. The number of benzene rings is 2. The monoisotopic (exact) mass is 447 g/mol. The Hall–Kier alpha value is -3.11. The van der Waals surface area contributed by atoms with Crippen molar-refractivity contribution in [3.05, 3.63) is 54.1 Å². The fraction of sp³-hybridized carbons (Fsp3) is 0.333. The van der Waals surface area contributed by atoms with Crippen LogP contribution in [0.15, 0.2) is 53.4 Å². The van der Waals surface area contributed by atoms with Gasteiger partial charge in [-0.05, 0) is 75.4 Å². The highest BCUT2D eigenvalue weighted by atomic mass is 32.2. The average Bonchev–Trinajstić information content (AvgIpc) is 2.75. The highest BCUT2D eigenvalue weighted by Crippen LogP contribution is 2.18. The quantitative estimate of drug-likeness (QED) is 0.249. The Balaban J connectivity index is 1.84. The number of nitrogens with zero attached hydrogens (tertiary/aromatic N) is 1. The lowest BCUT2D eigenvalue weighted by Gasteiger charge is -2.12. The molecule has 0 spiro atoms. The standard InChI is InChI=1S/C21H29N5O4S/c1-4-16-6-12-19(13-7-16)31(29,30)25-18-10-8-17(9-11-18)23-24-21(28)20(27)22-14-5-15-26(2)3/h6-13,23,25H,4-5,14-15H2,1-3H3,(H,22,27)(H,24,28). The first-order valence-electron chi connectivity index (χ1n) is 9.92. The molecule has 10 heteroatoms. The zero-order chi connectivity index (χ0) is 22.9. The molecule has 4 N–H and O–H groups in total. The van der Waals surface area contributed by atoms with E-state index in [-0.39, 0.29) is 4.90 Å². The van der Waals surface area contributed by atoms with Gasteiger partial charge in [0.25, 0.3) is 10.0 Å². The van der Waals surface area contributed by atoms with Crippen LogP contribution < -0.4 is 20.9 Å². The lowest BCUT2D eigenvalue weighted by Crippen LogP contribution is -2.43. The van der Waals surface area contributed by atoms with E-state index in [0.29, 0.717) is 17.9 Å². The van der Waals surface area contributed by atoms with Crippen molar-refractivity contribution in [2.45, 2.75) is 24.7 Å². The largest absolute Gasteiger partial charge is 0.348 e. The summed E-state index contributed by atoms with van der Waals surface area (Å²) in [5.74, 6) is -1.55. The van der Waals surface area contributed by atoms with Crippen molar-refractivity contribution in [2.75, 3.05) is 37.3 Å². The summed E-state index contributed by atoms with van der Waals surface area (Å²) in [6.45, 7) is 3.21. The summed E-state index contributed by atoms with van der Waals surface area (Å²) in [7, 11) is 0.157. The number of rotatable bonds is 10. The zero-order valence-corrected chi connectivity index (χ0v) is 18.8. The summed E-state index contributed by atoms with van der Waals surface area (Å²) in [5, 5.41) is 2.54. The first-order valence-corrected chi connectivity index (χ1v) is 11.4. The van der Waals surface area contributed by atoms with Gasteiger partial charge in [0.2, 0.25) is 0 Å². The van der Waals surface area contributed by atoms with Crippen LogP contribution in [0, 0.1) is 0 Å². The van der Waals surface area contributed by atoms with E-state index in [1.165, 1.54) is 0 Å². The molecule has 0 saturated carbocycles. The van der Waals surface area contributed by atoms with Gasteiger partial charge in [0.15, 0.2) is 0 Å². The third-order valence-corrected chi connectivity index (χ3v) is 5.77. The molecule has 0 aliphatic heterocycles. The van der Waals surface area contributed by atoms with Gasteiger partial charge in [-0.15, -0.1) is 0 Å². The molecule has 0 aliphatic rings. The van der Waals surface area contributed by atoms with Crippen molar-refractivity contribution in [3.63, 3.8) is 0 Å². The Kier molecular flexibility index (Phi) is 8.83. The summed E-state index contributed by atoms with van der Waals surface area (Å²) in [5.41, 5.74) is 6.84. The molecule has 2 aromatic carbocycles. The molecule has 0 fully saturated rings. The van der Waals surface area contributed by atoms with E-state index in [9.17, 15) is 18.0 Å². The normalized spacial score (nSPS) is 11.1. The number of anilines is 2. The number of carbonyl (C=O) groups excluding carboxylic acids is 2. The van der Waals surface area contributed by atoms with E-state index >= 15 is 0 Å². The Morgan fingerprint density at radius 1 is 0.903 bits per heavy atom. The first kappa shape index (κ1) is 24.2. The van der Waals surface area contributed by atoms with E-state index in [2.05, 4.69) is 20.9 Å². The molecular weight excluding hydrogens is 418 g/mol. The number of nitrogens with one attached hydrogen (secondary N) is 4. The molecule has 31 heavy (non-hydrogen) atoms. The molecule has 168 valence electrons. The van der Waals surface area contributed by atoms with Crippen LogP contribution in [0.2, 0.25) is 0 Å². The second-order valence-corrected chi connectivity index (χ2v) is 8.85. The molecule has 0 aliphatic carbocycles. The van der Waals surface area contributed by atoms with Crippen molar-refractivity contribution in [1.29, 1.82) is 0 Å². The third kappa shape index (κ3) is 7.91. The topological polar surface area (TPSA) is 120 Å². The smallest absolute Gasteiger partial charge is 0.327 e. The number of sulfonamides is 1. The third-order valence-electron chi connectivity index (χ3n) is 4.37. The lowest BCUT2D eigenvalue weighted by atomic mass is 10.2. The van der Waals surface area contributed by atoms with Crippen molar-refractivity contribution in [2.24, 2.45) is 0 Å². The van der Waals surface area contributed by atoms with Crippen LogP contribution in [0.5, 0.6) is 0 Å². The van der Waals surface area contributed by atoms with Gasteiger partial charge in [0.1, 0.15) is 0 Å². The predicted octanol–water partition coefficient (Wildman–Crippen LogP) is 1.56. The fourth-order valence-corrected chi connectivity index (χ4v) is 3.66. The van der Waals surface area contributed by atoms with Gasteiger partial charge in [-0.1, -0.05) is 19.1 Å². The average molecular weight is 448 g/mol. The van der Waals surface area contributed by atoms with Crippen LogP contribution >= 0.6 is 0 Å². The first-order chi connectivity index (χ1) is 14.7. The van der Waals surface area contributed by atoms with E-state index < -0.39 is 21.8 Å². The summed E-state index contributed by atoms with van der Waals surface area (Å²) >= 11 is 0. The second-order valence-electron chi connectivity index (χ2n) is 7.17. The van der Waals surface area contributed by atoms with Crippen molar-refractivity contribution < 1.29 is 18.0 Å². The lowest BCUT2D eigenvalue weighted by molar-refractivity contribution is -0.138. The summed E-state index contributed by atoms with van der Waals surface area (Å²) in [6.07, 6.45) is 1.57. The van der Waals surface area contributed by atoms with E-state index in [1.54, 1.807) is 48.5 Å². The minimum Gasteiger partial charge on any atom is -0.348 e. The van der Waals surface area contributed by atoms with Crippen molar-refractivity contribution in [1.82, 2.24) is 15.6 Å². The minimum absolute atomic E-state index is 0.177. The Morgan fingerprint density at radius 3 is 2.10 bits per heavy atom. The number of amides is 2. The number of aryl methyl sites for hydroxylation is 1. The second kappa shape index (κ2) is 11.3.